The van der Waals surface area contributed by atoms with Crippen molar-refractivity contribution in [3.05, 3.63) is 18.2 Å². The molecule has 1 aliphatic heterocycles. The molecular weight excluding hydrogens is 318 g/mol. The number of benzene rings is 1. The Morgan fingerprint density at radius 1 is 1.24 bits per heavy atom. The predicted octanol–water partition coefficient (Wildman–Crippen LogP) is 2.62. The van der Waals surface area contributed by atoms with E-state index in [0.717, 1.165) is 49.5 Å². The molecule has 6 heteroatoms. The van der Waals surface area contributed by atoms with E-state index in [0.29, 0.717) is 12.5 Å². The first-order valence-corrected chi connectivity index (χ1v) is 8.97. The zero-order valence-electron chi connectivity index (χ0n) is 15.8. The van der Waals surface area contributed by atoms with Crippen LogP contribution in [0.25, 0.3) is 0 Å². The number of likely N-dealkylation sites (tertiary alicyclic amines) is 1. The van der Waals surface area contributed by atoms with Crippen LogP contribution in [0.3, 0.4) is 0 Å². The van der Waals surface area contributed by atoms with Crippen LogP contribution in [0, 0.1) is 0 Å². The Morgan fingerprint density at radius 3 is 2.28 bits per heavy atom. The molecule has 1 unspecified atom stereocenters. The molecule has 1 fully saturated rings. The van der Waals surface area contributed by atoms with Crippen LogP contribution in [0.5, 0.6) is 11.5 Å². The fourth-order valence-corrected chi connectivity index (χ4v) is 3.34. The molecule has 1 heterocycles. The average Bonchev–Trinajstić information content (AvgIpc) is 2.61. The lowest BCUT2D eigenvalue weighted by molar-refractivity contribution is -0.137. The zero-order valence-corrected chi connectivity index (χ0v) is 15.8. The van der Waals surface area contributed by atoms with Crippen molar-refractivity contribution in [2.45, 2.75) is 51.1 Å². The van der Waals surface area contributed by atoms with E-state index in [1.807, 2.05) is 30.0 Å². The minimum Gasteiger partial charge on any atom is -0.497 e. The number of rotatable bonds is 7. The van der Waals surface area contributed by atoms with Crippen LogP contribution in [-0.4, -0.2) is 49.7 Å². The van der Waals surface area contributed by atoms with Crippen molar-refractivity contribution in [2.75, 3.05) is 32.6 Å². The van der Waals surface area contributed by atoms with Gasteiger partial charge in [-0.05, 0) is 26.2 Å². The molecule has 140 valence electrons. The summed E-state index contributed by atoms with van der Waals surface area (Å²) in [6, 6.07) is 6.08. The van der Waals surface area contributed by atoms with Crippen molar-refractivity contribution in [2.24, 2.45) is 5.73 Å². The van der Waals surface area contributed by atoms with Gasteiger partial charge < -0.3 is 25.4 Å². The van der Waals surface area contributed by atoms with Crippen LogP contribution in [0.4, 0.5) is 5.69 Å². The van der Waals surface area contributed by atoms with Crippen molar-refractivity contribution < 1.29 is 14.3 Å². The van der Waals surface area contributed by atoms with Crippen LogP contribution < -0.4 is 20.5 Å². The molecule has 0 spiro atoms. The first-order chi connectivity index (χ1) is 11.9. The molecule has 3 N–H and O–H groups in total. The fraction of sp³-hybridized carbons (Fsp3) is 0.632. The number of methoxy groups -OCH3 is 2. The maximum Gasteiger partial charge on any atom is 0.242 e. The molecule has 1 amide bonds. The van der Waals surface area contributed by atoms with Gasteiger partial charge in [-0.25, -0.2) is 0 Å². The summed E-state index contributed by atoms with van der Waals surface area (Å²) in [7, 11) is 3.28. The van der Waals surface area contributed by atoms with Gasteiger partial charge >= 0.3 is 0 Å². The largest absolute Gasteiger partial charge is 0.497 e. The number of ether oxygens (including phenoxy) is 2. The van der Waals surface area contributed by atoms with Gasteiger partial charge in [-0.15, -0.1) is 0 Å². The van der Waals surface area contributed by atoms with E-state index in [2.05, 4.69) is 12.2 Å². The summed E-state index contributed by atoms with van der Waals surface area (Å²) in [5.41, 5.74) is 6.40. The minimum absolute atomic E-state index is 0.0656. The van der Waals surface area contributed by atoms with Crippen molar-refractivity contribution in [3.8, 4) is 11.5 Å². The van der Waals surface area contributed by atoms with Gasteiger partial charge in [-0.1, -0.05) is 13.3 Å². The summed E-state index contributed by atoms with van der Waals surface area (Å²) in [4.78, 5) is 14.5. The molecule has 6 nitrogen and oxygen atoms in total. The number of hydrogen-bond donors (Lipinski definition) is 2. The molecule has 2 rings (SSSR count). The highest BCUT2D eigenvalue weighted by Gasteiger charge is 2.33. The second kappa shape index (κ2) is 8.43. The Morgan fingerprint density at radius 2 is 1.80 bits per heavy atom. The molecule has 1 aromatic carbocycles. The Kier molecular flexibility index (Phi) is 6.53. The summed E-state index contributed by atoms with van der Waals surface area (Å²) in [5, 5.41) is 3.52. The van der Waals surface area contributed by atoms with Crippen molar-refractivity contribution in [1.29, 1.82) is 0 Å². The van der Waals surface area contributed by atoms with E-state index >= 15 is 0 Å². The molecule has 0 saturated carbocycles. The predicted molar refractivity (Wildman–Crippen MR) is 100 cm³/mol. The van der Waals surface area contributed by atoms with Gasteiger partial charge in [0.2, 0.25) is 5.91 Å². The zero-order chi connectivity index (χ0) is 18.4. The Hall–Kier alpha value is -1.95. The molecule has 0 bridgehead atoms. The maximum atomic E-state index is 12.6. The Balaban J connectivity index is 1.93. The summed E-state index contributed by atoms with van der Waals surface area (Å²) in [5.74, 6) is 1.58. The third-order valence-corrected chi connectivity index (χ3v) is 4.76. The van der Waals surface area contributed by atoms with Crippen molar-refractivity contribution >= 4 is 11.6 Å². The number of anilines is 1. The summed E-state index contributed by atoms with van der Waals surface area (Å²) >= 11 is 0. The van der Waals surface area contributed by atoms with E-state index in [1.54, 1.807) is 14.2 Å². The molecule has 1 saturated heterocycles. The van der Waals surface area contributed by atoms with E-state index in [4.69, 9.17) is 15.2 Å². The van der Waals surface area contributed by atoms with Crippen LogP contribution in [0.1, 0.15) is 39.5 Å². The quantitative estimate of drug-likeness (QED) is 0.791. The third-order valence-electron chi connectivity index (χ3n) is 4.76. The van der Waals surface area contributed by atoms with Crippen LogP contribution in [0.2, 0.25) is 0 Å². The van der Waals surface area contributed by atoms with Crippen LogP contribution in [0.15, 0.2) is 18.2 Å². The standard InChI is InChI=1S/C19H31N3O3/c1-5-8-19(2,20)18(23)22-9-6-14(7-10-22)21-15-11-16(24-3)13-17(12-15)25-4/h11-14,21H,5-10,20H2,1-4H3. The molecule has 0 radical (unpaired) electrons. The third kappa shape index (κ3) is 5.01. The monoisotopic (exact) mass is 349 g/mol. The van der Waals surface area contributed by atoms with Crippen molar-refractivity contribution in [3.63, 3.8) is 0 Å². The lowest BCUT2D eigenvalue weighted by Crippen LogP contribution is -2.55. The molecule has 1 atom stereocenters. The molecule has 25 heavy (non-hydrogen) atoms. The number of hydrogen-bond acceptors (Lipinski definition) is 5. The number of amides is 1. The number of piperidine rings is 1. The van der Waals surface area contributed by atoms with Gasteiger partial charge in [0.1, 0.15) is 11.5 Å². The molecule has 1 aromatic rings. The van der Waals surface area contributed by atoms with Crippen LogP contribution >= 0.6 is 0 Å². The topological polar surface area (TPSA) is 76.8 Å². The van der Waals surface area contributed by atoms with Gasteiger partial charge in [-0.3, -0.25) is 4.79 Å². The SMILES string of the molecule is CCCC(C)(N)C(=O)N1CCC(Nc2cc(OC)cc(OC)c2)CC1. The second-order valence-electron chi connectivity index (χ2n) is 6.98. The lowest BCUT2D eigenvalue weighted by atomic mass is 9.94. The number of nitrogens with zero attached hydrogens (tertiary/aromatic N) is 1. The van der Waals surface area contributed by atoms with Gasteiger partial charge in [0.25, 0.3) is 0 Å². The van der Waals surface area contributed by atoms with E-state index < -0.39 is 5.54 Å². The lowest BCUT2D eigenvalue weighted by Gasteiger charge is -2.37. The normalized spacial score (nSPS) is 17.7. The molecular formula is C19H31N3O3. The highest BCUT2D eigenvalue weighted by molar-refractivity contribution is 5.85. The van der Waals surface area contributed by atoms with E-state index in [1.165, 1.54) is 0 Å². The van der Waals surface area contributed by atoms with Crippen LogP contribution in [-0.2, 0) is 4.79 Å². The smallest absolute Gasteiger partial charge is 0.242 e. The molecule has 1 aliphatic rings. The molecule has 0 aromatic heterocycles. The average molecular weight is 349 g/mol. The van der Waals surface area contributed by atoms with E-state index in [9.17, 15) is 4.79 Å². The highest BCUT2D eigenvalue weighted by atomic mass is 16.5. The van der Waals surface area contributed by atoms with Gasteiger partial charge in [0, 0.05) is 43.0 Å². The molecule has 0 aliphatic carbocycles. The summed E-state index contributed by atoms with van der Waals surface area (Å²) in [6.45, 7) is 5.35. The summed E-state index contributed by atoms with van der Waals surface area (Å²) in [6.07, 6.45) is 3.42. The van der Waals surface area contributed by atoms with E-state index in [-0.39, 0.29) is 5.91 Å². The highest BCUT2D eigenvalue weighted by Crippen LogP contribution is 2.28. The first kappa shape index (κ1) is 19.4. The second-order valence-corrected chi connectivity index (χ2v) is 6.98. The maximum absolute atomic E-state index is 12.6. The number of nitrogens with two attached hydrogens (primary N) is 1. The Bertz CT molecular complexity index is 559. The first-order valence-electron chi connectivity index (χ1n) is 8.97. The van der Waals surface area contributed by atoms with Gasteiger partial charge in [-0.2, -0.15) is 0 Å². The van der Waals surface area contributed by atoms with Gasteiger partial charge in [0.05, 0.1) is 19.8 Å². The van der Waals surface area contributed by atoms with Gasteiger partial charge in [0.15, 0.2) is 0 Å². The fourth-order valence-electron chi connectivity index (χ4n) is 3.34. The number of nitrogens with one attached hydrogen (secondary N) is 1. The Labute approximate surface area is 150 Å². The van der Waals surface area contributed by atoms with Crippen molar-refractivity contribution in [1.82, 2.24) is 4.90 Å². The minimum atomic E-state index is -0.755. The summed E-state index contributed by atoms with van der Waals surface area (Å²) < 4.78 is 10.6. The number of carbonyl (C=O) groups excluding carboxylic acids is 1. The number of carbonyl (C=O) groups is 1.